The molecule has 118 valence electrons. The van der Waals surface area contributed by atoms with Crippen LogP contribution < -0.4 is 5.32 Å². The Morgan fingerprint density at radius 1 is 1.19 bits per heavy atom. The van der Waals surface area contributed by atoms with Crippen LogP contribution in [0.4, 0.5) is 0 Å². The molecular formula is C18H27Cl2N. The van der Waals surface area contributed by atoms with Crippen LogP contribution >= 0.6 is 23.2 Å². The van der Waals surface area contributed by atoms with E-state index < -0.39 is 0 Å². The smallest absolute Gasteiger partial charge is 0.0595 e. The van der Waals surface area contributed by atoms with Crippen LogP contribution in [-0.2, 0) is 5.41 Å². The van der Waals surface area contributed by atoms with Crippen molar-refractivity contribution in [3.63, 3.8) is 0 Å². The third-order valence-corrected chi connectivity index (χ3v) is 5.52. The zero-order chi connectivity index (χ0) is 15.5. The maximum absolute atomic E-state index is 6.26. The lowest BCUT2D eigenvalue weighted by molar-refractivity contribution is 0.231. The highest BCUT2D eigenvalue weighted by Crippen LogP contribution is 2.42. The monoisotopic (exact) mass is 327 g/mol. The van der Waals surface area contributed by atoms with Gasteiger partial charge in [-0.15, -0.1) is 0 Å². The fourth-order valence-electron chi connectivity index (χ4n) is 3.31. The van der Waals surface area contributed by atoms with E-state index in [9.17, 15) is 0 Å². The normalized spacial score (nSPS) is 26.3. The van der Waals surface area contributed by atoms with Crippen molar-refractivity contribution in [1.82, 2.24) is 5.32 Å². The van der Waals surface area contributed by atoms with E-state index >= 15 is 0 Å². The number of nitrogens with one attached hydrogen (secondary N) is 1. The summed E-state index contributed by atoms with van der Waals surface area (Å²) in [5, 5.41) is 4.99. The van der Waals surface area contributed by atoms with Gasteiger partial charge in [-0.05, 0) is 61.8 Å². The van der Waals surface area contributed by atoms with Crippen LogP contribution in [0.3, 0.4) is 0 Å². The Hall–Kier alpha value is -0.240. The summed E-state index contributed by atoms with van der Waals surface area (Å²) in [5.74, 6) is 1.52. The number of hydrogen-bond acceptors (Lipinski definition) is 1. The Morgan fingerprint density at radius 2 is 1.86 bits per heavy atom. The molecule has 1 aliphatic carbocycles. The van der Waals surface area contributed by atoms with Gasteiger partial charge in [-0.25, -0.2) is 0 Å². The lowest BCUT2D eigenvalue weighted by Gasteiger charge is -2.40. The van der Waals surface area contributed by atoms with E-state index in [4.69, 9.17) is 23.2 Å². The summed E-state index contributed by atoms with van der Waals surface area (Å²) >= 11 is 12.3. The predicted molar refractivity (Wildman–Crippen MR) is 93.5 cm³/mol. The van der Waals surface area contributed by atoms with Gasteiger partial charge in [0.25, 0.3) is 0 Å². The minimum Gasteiger partial charge on any atom is -0.316 e. The third-order valence-electron chi connectivity index (χ3n) is 4.78. The van der Waals surface area contributed by atoms with Crippen molar-refractivity contribution in [2.75, 3.05) is 13.1 Å². The van der Waals surface area contributed by atoms with Gasteiger partial charge in [0, 0.05) is 12.0 Å². The molecule has 0 amide bonds. The van der Waals surface area contributed by atoms with Crippen LogP contribution in [0.25, 0.3) is 0 Å². The van der Waals surface area contributed by atoms with Crippen molar-refractivity contribution in [1.29, 1.82) is 0 Å². The topological polar surface area (TPSA) is 12.0 Å². The third kappa shape index (κ3) is 4.37. The van der Waals surface area contributed by atoms with Crippen LogP contribution in [0.1, 0.15) is 52.0 Å². The Kier molecular flexibility index (Phi) is 5.99. The van der Waals surface area contributed by atoms with Crippen molar-refractivity contribution in [3.8, 4) is 0 Å². The molecule has 0 atom stereocenters. The summed E-state index contributed by atoms with van der Waals surface area (Å²) in [5.41, 5.74) is 1.57. The number of halogens is 2. The molecule has 0 spiro atoms. The zero-order valence-corrected chi connectivity index (χ0v) is 14.9. The van der Waals surface area contributed by atoms with Crippen molar-refractivity contribution >= 4 is 23.2 Å². The average Bonchev–Trinajstić information content (AvgIpc) is 2.44. The van der Waals surface area contributed by atoms with E-state index in [2.05, 4.69) is 38.2 Å². The molecule has 1 aromatic rings. The fourth-order valence-corrected chi connectivity index (χ4v) is 3.61. The molecular weight excluding hydrogens is 301 g/mol. The largest absolute Gasteiger partial charge is 0.316 e. The minimum absolute atomic E-state index is 0.218. The van der Waals surface area contributed by atoms with Gasteiger partial charge in [0.05, 0.1) is 10.0 Å². The average molecular weight is 328 g/mol. The molecule has 1 fully saturated rings. The summed E-state index contributed by atoms with van der Waals surface area (Å²) in [6, 6.07) is 6.19. The quantitative estimate of drug-likeness (QED) is 0.732. The van der Waals surface area contributed by atoms with E-state index in [1.54, 1.807) is 0 Å². The lowest BCUT2D eigenvalue weighted by Crippen LogP contribution is -2.42. The van der Waals surface area contributed by atoms with E-state index in [0.29, 0.717) is 16.0 Å². The molecule has 0 bridgehead atoms. The first-order chi connectivity index (χ1) is 9.93. The van der Waals surface area contributed by atoms with Gasteiger partial charge < -0.3 is 5.32 Å². The molecule has 0 aliphatic heterocycles. The Morgan fingerprint density at radius 3 is 2.43 bits per heavy atom. The number of hydrogen-bond donors (Lipinski definition) is 1. The van der Waals surface area contributed by atoms with Gasteiger partial charge in [0.2, 0.25) is 0 Å². The van der Waals surface area contributed by atoms with Crippen LogP contribution in [0, 0.1) is 11.8 Å². The van der Waals surface area contributed by atoms with Crippen LogP contribution in [0.5, 0.6) is 0 Å². The maximum Gasteiger partial charge on any atom is 0.0595 e. The molecule has 21 heavy (non-hydrogen) atoms. The van der Waals surface area contributed by atoms with E-state index in [0.717, 1.165) is 19.0 Å². The maximum atomic E-state index is 6.26. The molecule has 2 rings (SSSR count). The molecule has 0 unspecified atom stereocenters. The molecule has 0 heterocycles. The lowest BCUT2D eigenvalue weighted by atomic mass is 9.67. The van der Waals surface area contributed by atoms with Gasteiger partial charge in [-0.2, -0.15) is 0 Å². The highest BCUT2D eigenvalue weighted by atomic mass is 35.5. The molecule has 0 radical (unpaired) electrons. The van der Waals surface area contributed by atoms with Gasteiger partial charge in [0.15, 0.2) is 0 Å². The summed E-state index contributed by atoms with van der Waals surface area (Å²) in [4.78, 5) is 0. The Bertz CT molecular complexity index is 462. The summed E-state index contributed by atoms with van der Waals surface area (Å²) in [6.07, 6.45) is 5.06. The zero-order valence-electron chi connectivity index (χ0n) is 13.4. The molecule has 1 aromatic carbocycles. The van der Waals surface area contributed by atoms with Crippen molar-refractivity contribution < 1.29 is 0 Å². The van der Waals surface area contributed by atoms with E-state index in [1.165, 1.54) is 31.2 Å². The number of rotatable bonds is 5. The second-order valence-electron chi connectivity index (χ2n) is 7.12. The van der Waals surface area contributed by atoms with Gasteiger partial charge in [-0.3, -0.25) is 0 Å². The molecule has 1 N–H and O–H groups in total. The van der Waals surface area contributed by atoms with Crippen molar-refractivity contribution in [2.45, 2.75) is 51.9 Å². The number of benzene rings is 1. The second-order valence-corrected chi connectivity index (χ2v) is 7.93. The standard InChI is InChI=1S/C18H27Cl2N/c1-13(2)11-21-12-18(8-6-14(3)7-9-18)15-4-5-16(19)17(20)10-15/h4-5,10,13-14,21H,6-9,11-12H2,1-3H3. The first-order valence-electron chi connectivity index (χ1n) is 8.09. The molecule has 1 saturated carbocycles. The predicted octanol–water partition coefficient (Wildman–Crippen LogP) is 5.69. The van der Waals surface area contributed by atoms with Gasteiger partial charge >= 0.3 is 0 Å². The molecule has 0 aromatic heterocycles. The second kappa shape index (κ2) is 7.35. The first-order valence-corrected chi connectivity index (χ1v) is 8.85. The van der Waals surface area contributed by atoms with Crippen molar-refractivity contribution in [2.24, 2.45) is 11.8 Å². The van der Waals surface area contributed by atoms with Gasteiger partial charge in [-0.1, -0.05) is 50.0 Å². The van der Waals surface area contributed by atoms with Crippen LogP contribution in [0.15, 0.2) is 18.2 Å². The summed E-state index contributed by atoms with van der Waals surface area (Å²) < 4.78 is 0. The van der Waals surface area contributed by atoms with Crippen molar-refractivity contribution in [3.05, 3.63) is 33.8 Å². The Labute approximate surface area is 139 Å². The first kappa shape index (κ1) is 17.1. The SMILES string of the molecule is CC(C)CNCC1(c2ccc(Cl)c(Cl)c2)CCC(C)CC1. The molecule has 1 nitrogen and oxygen atoms in total. The minimum atomic E-state index is 0.218. The Balaban J connectivity index is 2.20. The van der Waals surface area contributed by atoms with Gasteiger partial charge in [0.1, 0.15) is 0 Å². The molecule has 0 saturated heterocycles. The van der Waals surface area contributed by atoms with E-state index in [1.807, 2.05) is 6.07 Å². The molecule has 1 aliphatic rings. The fraction of sp³-hybridized carbons (Fsp3) is 0.667. The van der Waals surface area contributed by atoms with Crippen LogP contribution in [-0.4, -0.2) is 13.1 Å². The highest BCUT2D eigenvalue weighted by molar-refractivity contribution is 6.42. The highest BCUT2D eigenvalue weighted by Gasteiger charge is 2.35. The summed E-state index contributed by atoms with van der Waals surface area (Å²) in [6.45, 7) is 8.97. The summed E-state index contributed by atoms with van der Waals surface area (Å²) in [7, 11) is 0. The van der Waals surface area contributed by atoms with E-state index in [-0.39, 0.29) is 5.41 Å². The van der Waals surface area contributed by atoms with Crippen LogP contribution in [0.2, 0.25) is 10.0 Å². The molecule has 3 heteroatoms.